The van der Waals surface area contributed by atoms with Crippen LogP contribution in [0.4, 0.5) is 5.69 Å². The summed E-state index contributed by atoms with van der Waals surface area (Å²) in [5, 5.41) is 2.83. The summed E-state index contributed by atoms with van der Waals surface area (Å²) in [6, 6.07) is 10.9. The number of anilines is 1. The molecule has 1 aromatic carbocycles. The Balaban J connectivity index is 1.88. The van der Waals surface area contributed by atoms with Crippen molar-refractivity contribution in [1.29, 1.82) is 0 Å². The van der Waals surface area contributed by atoms with E-state index in [-0.39, 0.29) is 11.7 Å². The molecular formula is C16H18N2O2. The van der Waals surface area contributed by atoms with Crippen LogP contribution in [0.5, 0.6) is 0 Å². The van der Waals surface area contributed by atoms with Crippen molar-refractivity contribution in [3.05, 3.63) is 53.9 Å². The van der Waals surface area contributed by atoms with E-state index in [1.165, 1.54) is 6.92 Å². The van der Waals surface area contributed by atoms with Crippen LogP contribution in [0.3, 0.4) is 0 Å². The van der Waals surface area contributed by atoms with Crippen LogP contribution in [0.1, 0.15) is 29.4 Å². The highest BCUT2D eigenvalue weighted by Crippen LogP contribution is 2.11. The van der Waals surface area contributed by atoms with E-state index in [9.17, 15) is 9.59 Å². The molecule has 0 saturated carbocycles. The quantitative estimate of drug-likeness (QED) is 0.849. The minimum atomic E-state index is -0.0261. The molecule has 0 aliphatic rings. The van der Waals surface area contributed by atoms with Gasteiger partial charge >= 0.3 is 0 Å². The molecule has 4 nitrogen and oxygen atoms in total. The van der Waals surface area contributed by atoms with Gasteiger partial charge in [-0.25, -0.2) is 0 Å². The van der Waals surface area contributed by atoms with Crippen molar-refractivity contribution >= 4 is 17.4 Å². The average molecular weight is 270 g/mol. The molecule has 4 heteroatoms. The smallest absolute Gasteiger partial charge is 0.224 e. The van der Waals surface area contributed by atoms with Gasteiger partial charge in [-0.3, -0.25) is 9.59 Å². The highest BCUT2D eigenvalue weighted by molar-refractivity contribution is 5.95. The van der Waals surface area contributed by atoms with Crippen molar-refractivity contribution in [2.24, 2.45) is 7.05 Å². The summed E-state index contributed by atoms with van der Waals surface area (Å²) in [6.45, 7) is 1.52. The molecule has 1 heterocycles. The summed E-state index contributed by atoms with van der Waals surface area (Å²) in [4.78, 5) is 23.0. The predicted octanol–water partition coefficient (Wildman–Crippen LogP) is 2.80. The summed E-state index contributed by atoms with van der Waals surface area (Å²) in [6.07, 6.45) is 3.11. The lowest BCUT2D eigenvalue weighted by atomic mass is 10.1. The number of ketones is 1. The zero-order chi connectivity index (χ0) is 14.5. The molecule has 20 heavy (non-hydrogen) atoms. The second-order valence-electron chi connectivity index (χ2n) is 4.79. The van der Waals surface area contributed by atoms with Crippen LogP contribution < -0.4 is 5.32 Å². The molecule has 1 N–H and O–H groups in total. The molecule has 0 saturated heterocycles. The van der Waals surface area contributed by atoms with E-state index in [0.717, 1.165) is 5.69 Å². The van der Waals surface area contributed by atoms with Crippen molar-refractivity contribution in [2.45, 2.75) is 19.8 Å². The summed E-state index contributed by atoms with van der Waals surface area (Å²) >= 11 is 0. The number of Topliss-reactive ketones (excluding diaryl/α,β-unsaturated/α-hetero) is 1. The molecule has 0 unspecified atom stereocenters. The maximum absolute atomic E-state index is 11.9. The summed E-state index contributed by atoms with van der Waals surface area (Å²) in [7, 11) is 1.97. The largest absolute Gasteiger partial charge is 0.354 e. The number of carbonyl (C=O) groups is 2. The number of nitrogens with zero attached hydrogens (tertiary/aromatic N) is 1. The van der Waals surface area contributed by atoms with Crippen molar-refractivity contribution in [3.63, 3.8) is 0 Å². The lowest BCUT2D eigenvalue weighted by Gasteiger charge is -2.06. The predicted molar refractivity (Wildman–Crippen MR) is 78.8 cm³/mol. The Morgan fingerprint density at radius 3 is 2.40 bits per heavy atom. The number of aryl methyl sites for hydroxylation is 2. The lowest BCUT2D eigenvalue weighted by Crippen LogP contribution is -2.13. The highest BCUT2D eigenvalue weighted by Gasteiger charge is 2.05. The van der Waals surface area contributed by atoms with Crippen molar-refractivity contribution in [2.75, 3.05) is 5.32 Å². The number of carbonyl (C=O) groups excluding carboxylic acids is 2. The molecule has 0 fully saturated rings. The summed E-state index contributed by atoms with van der Waals surface area (Å²) in [5.74, 6) is -0.00615. The van der Waals surface area contributed by atoms with Gasteiger partial charge in [0.05, 0.1) is 0 Å². The maximum Gasteiger partial charge on any atom is 0.224 e. The molecule has 0 atom stereocenters. The van der Waals surface area contributed by atoms with Gasteiger partial charge in [0.2, 0.25) is 5.91 Å². The first-order chi connectivity index (χ1) is 9.56. The van der Waals surface area contributed by atoms with Crippen LogP contribution in [0.25, 0.3) is 0 Å². The zero-order valence-corrected chi connectivity index (χ0v) is 11.7. The van der Waals surface area contributed by atoms with Gasteiger partial charge in [0, 0.05) is 36.6 Å². The monoisotopic (exact) mass is 270 g/mol. The Morgan fingerprint density at radius 2 is 1.85 bits per heavy atom. The molecule has 0 aliphatic heterocycles. The number of amides is 1. The van der Waals surface area contributed by atoms with Gasteiger partial charge in [0.15, 0.2) is 5.78 Å². The van der Waals surface area contributed by atoms with Crippen LogP contribution in [0.2, 0.25) is 0 Å². The third kappa shape index (κ3) is 3.57. The molecule has 0 bridgehead atoms. The van der Waals surface area contributed by atoms with Gasteiger partial charge in [-0.2, -0.15) is 0 Å². The van der Waals surface area contributed by atoms with E-state index in [4.69, 9.17) is 0 Å². The van der Waals surface area contributed by atoms with Crippen molar-refractivity contribution in [1.82, 2.24) is 4.57 Å². The van der Waals surface area contributed by atoms with Crippen LogP contribution in [-0.2, 0) is 18.3 Å². The second kappa shape index (κ2) is 6.19. The number of nitrogens with one attached hydrogen (secondary N) is 1. The van der Waals surface area contributed by atoms with Crippen molar-refractivity contribution in [3.8, 4) is 0 Å². The minimum Gasteiger partial charge on any atom is -0.354 e. The van der Waals surface area contributed by atoms with Crippen LogP contribution >= 0.6 is 0 Å². The number of hydrogen-bond acceptors (Lipinski definition) is 2. The van der Waals surface area contributed by atoms with E-state index in [1.54, 1.807) is 24.3 Å². The van der Waals surface area contributed by atoms with E-state index >= 15 is 0 Å². The van der Waals surface area contributed by atoms with E-state index in [2.05, 4.69) is 5.32 Å². The Bertz CT molecular complexity index is 612. The maximum atomic E-state index is 11.9. The van der Waals surface area contributed by atoms with E-state index in [1.807, 2.05) is 29.9 Å². The first-order valence-corrected chi connectivity index (χ1v) is 6.57. The molecular weight excluding hydrogens is 252 g/mol. The van der Waals surface area contributed by atoms with Crippen molar-refractivity contribution < 1.29 is 9.59 Å². The molecule has 0 spiro atoms. The summed E-state index contributed by atoms with van der Waals surface area (Å²) in [5.41, 5.74) is 2.49. The molecule has 1 aromatic heterocycles. The fraction of sp³-hybridized carbons (Fsp3) is 0.250. The Morgan fingerprint density at radius 1 is 1.15 bits per heavy atom. The Kier molecular flexibility index (Phi) is 4.35. The fourth-order valence-electron chi connectivity index (χ4n) is 2.01. The minimum absolute atomic E-state index is 0.0200. The highest BCUT2D eigenvalue weighted by atomic mass is 16.1. The third-order valence-corrected chi connectivity index (χ3v) is 3.23. The molecule has 2 aromatic rings. The van der Waals surface area contributed by atoms with Gasteiger partial charge in [0.1, 0.15) is 0 Å². The third-order valence-electron chi connectivity index (χ3n) is 3.23. The second-order valence-corrected chi connectivity index (χ2v) is 4.79. The zero-order valence-electron chi connectivity index (χ0n) is 11.7. The van der Waals surface area contributed by atoms with Gasteiger partial charge in [-0.15, -0.1) is 0 Å². The Labute approximate surface area is 118 Å². The Hall–Kier alpha value is -2.36. The van der Waals surface area contributed by atoms with Gasteiger partial charge in [0.25, 0.3) is 0 Å². The number of benzene rings is 1. The topological polar surface area (TPSA) is 51.1 Å². The molecule has 0 radical (unpaired) electrons. The summed E-state index contributed by atoms with van der Waals surface area (Å²) < 4.78 is 2.01. The molecule has 1 amide bonds. The number of aromatic nitrogens is 1. The number of rotatable bonds is 5. The van der Waals surface area contributed by atoms with Crippen LogP contribution in [0.15, 0.2) is 42.6 Å². The first kappa shape index (κ1) is 14.1. The first-order valence-electron chi connectivity index (χ1n) is 6.57. The molecule has 2 rings (SSSR count). The average Bonchev–Trinajstić information content (AvgIpc) is 2.82. The van der Waals surface area contributed by atoms with Gasteiger partial charge in [-0.05, 0) is 49.7 Å². The van der Waals surface area contributed by atoms with Gasteiger partial charge < -0.3 is 9.88 Å². The van der Waals surface area contributed by atoms with Crippen LogP contribution in [-0.4, -0.2) is 16.3 Å². The fourth-order valence-corrected chi connectivity index (χ4v) is 2.01. The van der Waals surface area contributed by atoms with Gasteiger partial charge in [-0.1, -0.05) is 0 Å². The van der Waals surface area contributed by atoms with Crippen LogP contribution in [0, 0.1) is 0 Å². The molecule has 104 valence electrons. The molecule has 0 aliphatic carbocycles. The lowest BCUT2D eigenvalue weighted by molar-refractivity contribution is -0.116. The van der Waals surface area contributed by atoms with E-state index < -0.39 is 0 Å². The normalized spacial score (nSPS) is 10.3. The SMILES string of the molecule is CC(=O)c1ccc(NC(=O)CCc2cccn2C)cc1. The standard InChI is InChI=1S/C16H18N2O2/c1-12(19)13-5-7-14(8-6-13)17-16(20)10-9-15-4-3-11-18(15)2/h3-8,11H,9-10H2,1-2H3,(H,17,20). The number of hydrogen-bond donors (Lipinski definition) is 1. The van der Waals surface area contributed by atoms with E-state index in [0.29, 0.717) is 24.1 Å².